The number of nitrogens with one attached hydrogen (secondary N) is 1. The number of rotatable bonds is 7. The number of amides is 1. The summed E-state index contributed by atoms with van der Waals surface area (Å²) in [6.45, 7) is 19.1. The Bertz CT molecular complexity index is 1090. The molecule has 0 aromatic heterocycles. The van der Waals surface area contributed by atoms with Gasteiger partial charge in [0.05, 0.1) is 18.6 Å². The Kier molecular flexibility index (Phi) is 8.56. The van der Waals surface area contributed by atoms with E-state index >= 15 is 0 Å². The van der Waals surface area contributed by atoms with E-state index in [1.165, 1.54) is 38.4 Å². The van der Waals surface area contributed by atoms with Crippen LogP contribution in [0.4, 0.5) is 0 Å². The summed E-state index contributed by atoms with van der Waals surface area (Å²) in [5.74, 6) is 2.82. The van der Waals surface area contributed by atoms with Gasteiger partial charge in [-0.1, -0.05) is 46.8 Å². The molecule has 6 heteroatoms. The summed E-state index contributed by atoms with van der Waals surface area (Å²) in [6, 6.07) is -0.587. The van der Waals surface area contributed by atoms with E-state index in [-0.39, 0.29) is 45.6 Å². The van der Waals surface area contributed by atoms with Gasteiger partial charge in [-0.05, 0) is 141 Å². The predicted molar refractivity (Wildman–Crippen MR) is 172 cm³/mol. The summed E-state index contributed by atoms with van der Waals surface area (Å²) in [5.41, 5.74) is 1.32. The molecule has 5 nitrogen and oxygen atoms in total. The summed E-state index contributed by atoms with van der Waals surface area (Å²) >= 11 is 1.69. The monoisotopic (exact) mass is 601 g/mol. The SMILES string of the molecule is C=C(C)[C@@H]1CC[C@]2(C(=O)N[C@@H](CCSC)C(=O)OC)CC[C@]3(C)[C@H](CC[C@@H]4[C@@]5(C)CC[C@H](O)C(C)(C)[C@@H]5CC[C@]43C)[C@@H]12. The minimum absolute atomic E-state index is 0.0468. The Morgan fingerprint density at radius 3 is 2.31 bits per heavy atom. The molecule has 0 aromatic rings. The molecular weight excluding hydrogens is 542 g/mol. The van der Waals surface area contributed by atoms with Gasteiger partial charge in [0.25, 0.3) is 0 Å². The average Bonchev–Trinajstić information content (AvgIpc) is 3.34. The molecule has 5 saturated carbocycles. The van der Waals surface area contributed by atoms with Gasteiger partial charge in [0, 0.05) is 0 Å². The quantitative estimate of drug-likeness (QED) is 0.235. The van der Waals surface area contributed by atoms with Crippen LogP contribution in [0.25, 0.3) is 0 Å². The van der Waals surface area contributed by atoms with E-state index < -0.39 is 11.5 Å². The molecule has 5 aliphatic rings. The maximum absolute atomic E-state index is 14.5. The van der Waals surface area contributed by atoms with Gasteiger partial charge in [-0.15, -0.1) is 0 Å². The highest BCUT2D eigenvalue weighted by Gasteiger charge is 2.71. The molecule has 238 valence electrons. The van der Waals surface area contributed by atoms with Crippen molar-refractivity contribution in [1.82, 2.24) is 5.32 Å². The number of hydrogen-bond donors (Lipinski definition) is 2. The Balaban J connectivity index is 1.50. The summed E-state index contributed by atoms with van der Waals surface area (Å²) in [5, 5.41) is 14.3. The van der Waals surface area contributed by atoms with Crippen molar-refractivity contribution in [1.29, 1.82) is 0 Å². The molecule has 0 aromatic carbocycles. The number of thioether (sulfide) groups is 1. The van der Waals surface area contributed by atoms with Crippen molar-refractivity contribution < 1.29 is 19.4 Å². The lowest BCUT2D eigenvalue weighted by molar-refractivity contribution is -0.246. The zero-order valence-corrected chi connectivity index (χ0v) is 28.6. The highest BCUT2D eigenvalue weighted by molar-refractivity contribution is 7.98. The van der Waals surface area contributed by atoms with Gasteiger partial charge in [0.1, 0.15) is 6.04 Å². The molecule has 0 heterocycles. The van der Waals surface area contributed by atoms with E-state index in [4.69, 9.17) is 4.74 Å². The number of carbonyl (C=O) groups excluding carboxylic acids is 2. The Labute approximate surface area is 260 Å². The number of hydrogen-bond acceptors (Lipinski definition) is 5. The van der Waals surface area contributed by atoms with E-state index in [0.717, 1.165) is 44.3 Å². The molecule has 11 atom stereocenters. The normalized spacial score (nSPS) is 46.3. The fourth-order valence-electron chi connectivity index (χ4n) is 12.5. The van der Waals surface area contributed by atoms with Gasteiger partial charge in [0.15, 0.2) is 0 Å². The first-order chi connectivity index (χ1) is 19.6. The van der Waals surface area contributed by atoms with Crippen molar-refractivity contribution >= 4 is 23.6 Å². The average molecular weight is 602 g/mol. The molecule has 0 aliphatic heterocycles. The molecule has 0 bridgehead atoms. The molecular formula is C36H59NO4S. The van der Waals surface area contributed by atoms with Crippen LogP contribution in [-0.4, -0.2) is 48.2 Å². The zero-order valence-electron chi connectivity index (χ0n) is 27.8. The number of esters is 1. The van der Waals surface area contributed by atoms with Crippen LogP contribution in [0.5, 0.6) is 0 Å². The predicted octanol–water partition coefficient (Wildman–Crippen LogP) is 7.42. The number of aliphatic hydroxyl groups is 1. The van der Waals surface area contributed by atoms with E-state index in [2.05, 4.69) is 53.4 Å². The molecule has 5 aliphatic carbocycles. The Hall–Kier alpha value is -1.01. The van der Waals surface area contributed by atoms with Crippen LogP contribution in [0.1, 0.15) is 112 Å². The summed E-state index contributed by atoms with van der Waals surface area (Å²) in [4.78, 5) is 27.2. The second-order valence-corrected chi connectivity index (χ2v) is 17.5. The number of ether oxygens (including phenoxy) is 1. The second kappa shape index (κ2) is 11.1. The van der Waals surface area contributed by atoms with Crippen LogP contribution in [0.2, 0.25) is 0 Å². The van der Waals surface area contributed by atoms with Gasteiger partial charge in [-0.3, -0.25) is 4.79 Å². The largest absolute Gasteiger partial charge is 0.467 e. The number of methoxy groups -OCH3 is 1. The van der Waals surface area contributed by atoms with Crippen molar-refractivity contribution in [3.8, 4) is 0 Å². The van der Waals surface area contributed by atoms with E-state index in [0.29, 0.717) is 30.1 Å². The lowest BCUT2D eigenvalue weighted by atomic mass is 9.32. The molecule has 0 saturated heterocycles. The topological polar surface area (TPSA) is 75.6 Å². The van der Waals surface area contributed by atoms with E-state index in [9.17, 15) is 14.7 Å². The van der Waals surface area contributed by atoms with Gasteiger partial charge >= 0.3 is 5.97 Å². The number of carbonyl (C=O) groups is 2. The van der Waals surface area contributed by atoms with Gasteiger partial charge in [-0.25, -0.2) is 4.79 Å². The maximum Gasteiger partial charge on any atom is 0.328 e. The Morgan fingerprint density at radius 1 is 0.952 bits per heavy atom. The van der Waals surface area contributed by atoms with Gasteiger partial charge < -0.3 is 15.2 Å². The molecule has 0 radical (unpaired) electrons. The van der Waals surface area contributed by atoms with Crippen molar-refractivity contribution in [3.63, 3.8) is 0 Å². The summed E-state index contributed by atoms with van der Waals surface area (Å²) < 4.78 is 5.12. The Morgan fingerprint density at radius 2 is 1.67 bits per heavy atom. The molecule has 5 rings (SSSR count). The standard InChI is InChI=1S/C36H59NO4S/c1-22(2)23-12-18-36(31(40)37-25(15-21-42-9)30(39)41-8)20-19-34(6)24(29(23)36)10-11-27-33(5)16-14-28(38)32(3,4)26(33)13-17-35(27,34)7/h23-29,38H,1,10-21H2,2-9H3,(H,37,40)/t23-,24+,25-,26-,27+,28-,29+,33-,34+,35+,36-/m0/s1. The molecule has 0 spiro atoms. The molecule has 0 unspecified atom stereocenters. The first kappa shape index (κ1) is 32.4. The first-order valence-electron chi connectivity index (χ1n) is 16.8. The molecule has 5 fully saturated rings. The third-order valence-corrected chi connectivity index (χ3v) is 15.5. The van der Waals surface area contributed by atoms with Crippen LogP contribution < -0.4 is 5.32 Å². The second-order valence-electron chi connectivity index (χ2n) is 16.5. The fourth-order valence-corrected chi connectivity index (χ4v) is 12.9. The minimum atomic E-state index is -0.587. The molecule has 2 N–H and O–H groups in total. The fraction of sp³-hybridized carbons (Fsp3) is 0.889. The summed E-state index contributed by atoms with van der Waals surface area (Å²) in [7, 11) is 1.42. The van der Waals surface area contributed by atoms with E-state index in [1.807, 2.05) is 6.26 Å². The van der Waals surface area contributed by atoms with Crippen LogP contribution in [-0.2, 0) is 14.3 Å². The maximum atomic E-state index is 14.5. The molecule has 1 amide bonds. The number of aliphatic hydroxyl groups excluding tert-OH is 1. The van der Waals surface area contributed by atoms with Gasteiger partial charge in [-0.2, -0.15) is 11.8 Å². The first-order valence-corrected chi connectivity index (χ1v) is 18.2. The third kappa shape index (κ3) is 4.49. The van der Waals surface area contributed by atoms with Gasteiger partial charge in [0.2, 0.25) is 5.91 Å². The number of fused-ring (bicyclic) bond motifs is 7. The smallest absolute Gasteiger partial charge is 0.328 e. The lowest BCUT2D eigenvalue weighted by Crippen LogP contribution is -2.67. The number of allylic oxidation sites excluding steroid dienone is 1. The van der Waals surface area contributed by atoms with Crippen LogP contribution in [0.3, 0.4) is 0 Å². The van der Waals surface area contributed by atoms with Crippen LogP contribution >= 0.6 is 11.8 Å². The molecule has 42 heavy (non-hydrogen) atoms. The van der Waals surface area contributed by atoms with E-state index in [1.54, 1.807) is 11.8 Å². The van der Waals surface area contributed by atoms with Crippen LogP contribution in [0.15, 0.2) is 12.2 Å². The highest BCUT2D eigenvalue weighted by atomic mass is 32.2. The van der Waals surface area contributed by atoms with Crippen LogP contribution in [0, 0.1) is 56.7 Å². The minimum Gasteiger partial charge on any atom is -0.467 e. The third-order valence-electron chi connectivity index (χ3n) is 14.9. The van der Waals surface area contributed by atoms with Crippen molar-refractivity contribution in [2.75, 3.05) is 19.1 Å². The van der Waals surface area contributed by atoms with Crippen molar-refractivity contribution in [2.45, 2.75) is 124 Å². The highest BCUT2D eigenvalue weighted by Crippen LogP contribution is 2.77. The lowest BCUT2D eigenvalue weighted by Gasteiger charge is -2.72. The zero-order chi connectivity index (χ0) is 30.9. The van der Waals surface area contributed by atoms with Crippen molar-refractivity contribution in [2.24, 2.45) is 56.7 Å². The van der Waals surface area contributed by atoms with Crippen molar-refractivity contribution in [3.05, 3.63) is 12.2 Å². The summed E-state index contributed by atoms with van der Waals surface area (Å²) in [6.07, 6.45) is 13.1.